The Balaban J connectivity index is 3.54. The second-order valence-corrected chi connectivity index (χ2v) is 2.50. The van der Waals surface area contributed by atoms with Crippen LogP contribution >= 0.6 is 0 Å². The Labute approximate surface area is 66.7 Å². The first-order chi connectivity index (χ1) is 5.07. The van der Waals surface area contributed by atoms with E-state index in [1.807, 2.05) is 0 Å². The van der Waals surface area contributed by atoms with Crippen LogP contribution in [0.25, 0.3) is 0 Å². The third-order valence-corrected chi connectivity index (χ3v) is 1.34. The van der Waals surface area contributed by atoms with E-state index in [9.17, 15) is 9.59 Å². The molecule has 0 fully saturated rings. The Bertz CT molecular complexity index is 149. The predicted molar refractivity (Wildman–Crippen MR) is 40.8 cm³/mol. The van der Waals surface area contributed by atoms with Crippen LogP contribution in [-0.4, -0.2) is 18.9 Å². The molecule has 0 amide bonds. The highest BCUT2D eigenvalue weighted by Crippen LogP contribution is 2.03. The number of hydrogen-bond acceptors (Lipinski definition) is 3. The minimum Gasteiger partial charge on any atom is -0.469 e. The van der Waals surface area contributed by atoms with Crippen molar-refractivity contribution in [2.24, 2.45) is 0 Å². The second kappa shape index (κ2) is 4.88. The normalized spacial score (nSPS) is 9.82. The van der Waals surface area contributed by atoms with Gasteiger partial charge in [0.15, 0.2) is 0 Å². The van der Waals surface area contributed by atoms with Gasteiger partial charge in [-0.05, 0) is 0 Å². The third-order valence-electron chi connectivity index (χ3n) is 1.34. The summed E-state index contributed by atoms with van der Waals surface area (Å²) in [5.74, 6) is 0.420. The summed E-state index contributed by atoms with van der Waals surface area (Å²) in [5, 5.41) is 0. The summed E-state index contributed by atoms with van der Waals surface area (Å²) in [6.07, 6.45) is 0.440. The van der Waals surface area contributed by atoms with E-state index in [1.54, 1.807) is 13.8 Å². The lowest BCUT2D eigenvalue weighted by atomic mass is 10.1. The third kappa shape index (κ3) is 4.53. The van der Waals surface area contributed by atoms with E-state index < -0.39 is 0 Å². The molecule has 0 saturated carbocycles. The van der Waals surface area contributed by atoms with Gasteiger partial charge in [-0.15, -0.1) is 0 Å². The molecule has 0 aliphatic heterocycles. The van der Waals surface area contributed by atoms with Crippen molar-refractivity contribution in [2.45, 2.75) is 26.7 Å². The number of esters is 1. The number of carbonyl (C=O) groups is 2. The molecule has 0 rings (SSSR count). The Morgan fingerprint density at radius 2 is 1.73 bits per heavy atom. The first-order valence-electron chi connectivity index (χ1n) is 3.48. The summed E-state index contributed by atoms with van der Waals surface area (Å²) in [7, 11) is 1.31. The van der Waals surface area contributed by atoms with Crippen LogP contribution in [0.2, 0.25) is 0 Å². The monoisotopic (exact) mass is 157 g/mol. The summed E-state index contributed by atoms with van der Waals surface area (Å²) in [5.41, 5.74) is 0. The van der Waals surface area contributed by atoms with Gasteiger partial charge in [0.1, 0.15) is 5.78 Å². The smallest absolute Gasteiger partial charge is 0.305 e. The van der Waals surface area contributed by atoms with Gasteiger partial charge in [0.05, 0.1) is 13.5 Å². The molecule has 0 aromatic rings. The van der Waals surface area contributed by atoms with Gasteiger partial charge < -0.3 is 4.74 Å². The SMILES string of the molecule is COC(=O)CCC(=O)[C](C)C. The minimum atomic E-state index is -0.334. The number of carbonyl (C=O) groups excluding carboxylic acids is 2. The number of ketones is 1. The molecule has 0 bridgehead atoms. The van der Waals surface area contributed by atoms with Crippen molar-refractivity contribution < 1.29 is 14.3 Å². The molecule has 0 aliphatic carbocycles. The molecule has 0 unspecified atom stereocenters. The Kier molecular flexibility index (Phi) is 4.50. The fourth-order valence-electron chi connectivity index (χ4n) is 0.568. The standard InChI is InChI=1S/C8H13O3/c1-6(2)7(9)4-5-8(10)11-3/h4-5H2,1-3H3. The first-order valence-corrected chi connectivity index (χ1v) is 3.48. The molecule has 3 nitrogen and oxygen atoms in total. The molecule has 0 heterocycles. The average Bonchev–Trinajstić information content (AvgIpc) is 1.99. The summed E-state index contributed by atoms with van der Waals surface area (Å²) >= 11 is 0. The van der Waals surface area contributed by atoms with E-state index in [0.29, 0.717) is 0 Å². The van der Waals surface area contributed by atoms with Crippen LogP contribution in [-0.2, 0) is 14.3 Å². The molecule has 0 aliphatic rings. The fourth-order valence-corrected chi connectivity index (χ4v) is 0.568. The van der Waals surface area contributed by atoms with Gasteiger partial charge in [-0.2, -0.15) is 0 Å². The van der Waals surface area contributed by atoms with Crippen molar-refractivity contribution in [3.63, 3.8) is 0 Å². The first kappa shape index (κ1) is 10.1. The number of ether oxygens (including phenoxy) is 1. The molecule has 11 heavy (non-hydrogen) atoms. The van der Waals surface area contributed by atoms with Gasteiger partial charge in [0, 0.05) is 12.3 Å². The van der Waals surface area contributed by atoms with Gasteiger partial charge in [0.2, 0.25) is 0 Å². The molecular formula is C8H13O3. The molecule has 0 saturated heterocycles. The number of hydrogen-bond donors (Lipinski definition) is 0. The van der Waals surface area contributed by atoms with Crippen LogP contribution in [0.5, 0.6) is 0 Å². The van der Waals surface area contributed by atoms with E-state index in [4.69, 9.17) is 0 Å². The van der Waals surface area contributed by atoms with Crippen molar-refractivity contribution in [2.75, 3.05) is 7.11 Å². The van der Waals surface area contributed by atoms with Gasteiger partial charge in [-0.1, -0.05) is 13.8 Å². The zero-order chi connectivity index (χ0) is 8.85. The van der Waals surface area contributed by atoms with E-state index in [-0.39, 0.29) is 24.6 Å². The lowest BCUT2D eigenvalue weighted by Gasteiger charge is -2.01. The fraction of sp³-hybridized carbons (Fsp3) is 0.625. The average molecular weight is 157 g/mol. The van der Waals surface area contributed by atoms with Crippen molar-refractivity contribution in [1.29, 1.82) is 0 Å². The van der Waals surface area contributed by atoms with E-state index >= 15 is 0 Å². The van der Waals surface area contributed by atoms with E-state index in [2.05, 4.69) is 4.74 Å². The van der Waals surface area contributed by atoms with Gasteiger partial charge in [-0.3, -0.25) is 9.59 Å². The number of methoxy groups -OCH3 is 1. The van der Waals surface area contributed by atoms with Crippen LogP contribution in [0.1, 0.15) is 26.7 Å². The quantitative estimate of drug-likeness (QED) is 0.574. The minimum absolute atomic E-state index is 0.0235. The van der Waals surface area contributed by atoms with Crippen molar-refractivity contribution in [3.8, 4) is 0 Å². The molecule has 0 spiro atoms. The number of rotatable bonds is 4. The molecule has 0 N–H and O–H groups in total. The maximum Gasteiger partial charge on any atom is 0.305 e. The van der Waals surface area contributed by atoms with Gasteiger partial charge in [0.25, 0.3) is 0 Å². The molecular weight excluding hydrogens is 144 g/mol. The lowest BCUT2D eigenvalue weighted by Crippen LogP contribution is -2.08. The highest BCUT2D eigenvalue weighted by molar-refractivity contribution is 5.92. The van der Waals surface area contributed by atoms with Crippen molar-refractivity contribution in [1.82, 2.24) is 0 Å². The summed E-state index contributed by atoms with van der Waals surface area (Å²) in [6.45, 7) is 3.47. The van der Waals surface area contributed by atoms with Crippen LogP contribution < -0.4 is 0 Å². The van der Waals surface area contributed by atoms with E-state index in [1.165, 1.54) is 7.11 Å². The van der Waals surface area contributed by atoms with Crippen LogP contribution in [0.3, 0.4) is 0 Å². The Morgan fingerprint density at radius 3 is 2.09 bits per heavy atom. The number of Topliss-reactive ketones (excluding diaryl/α,β-unsaturated/α-hetero) is 1. The molecule has 1 radical (unpaired) electrons. The highest BCUT2D eigenvalue weighted by atomic mass is 16.5. The molecule has 63 valence electrons. The van der Waals surface area contributed by atoms with Crippen molar-refractivity contribution in [3.05, 3.63) is 5.92 Å². The van der Waals surface area contributed by atoms with Crippen LogP contribution in [0, 0.1) is 5.92 Å². The largest absolute Gasteiger partial charge is 0.469 e. The zero-order valence-electron chi connectivity index (χ0n) is 7.14. The second-order valence-electron chi connectivity index (χ2n) is 2.50. The maximum atomic E-state index is 10.9. The Hall–Kier alpha value is -0.860. The maximum absolute atomic E-state index is 10.9. The summed E-state index contributed by atoms with van der Waals surface area (Å²) in [4.78, 5) is 21.5. The zero-order valence-corrected chi connectivity index (χ0v) is 7.14. The van der Waals surface area contributed by atoms with Crippen LogP contribution in [0.4, 0.5) is 0 Å². The van der Waals surface area contributed by atoms with Gasteiger partial charge >= 0.3 is 5.97 Å². The molecule has 0 aromatic carbocycles. The van der Waals surface area contributed by atoms with Crippen molar-refractivity contribution >= 4 is 11.8 Å². The highest BCUT2D eigenvalue weighted by Gasteiger charge is 2.10. The molecule has 0 atom stereocenters. The molecule has 0 aromatic heterocycles. The molecule has 3 heteroatoms. The van der Waals surface area contributed by atoms with E-state index in [0.717, 1.165) is 5.92 Å². The summed E-state index contributed by atoms with van der Waals surface area (Å²) in [6, 6.07) is 0. The van der Waals surface area contributed by atoms with Gasteiger partial charge in [-0.25, -0.2) is 0 Å². The summed E-state index contributed by atoms with van der Waals surface area (Å²) < 4.78 is 4.38. The van der Waals surface area contributed by atoms with Crippen LogP contribution in [0.15, 0.2) is 0 Å². The predicted octanol–water partition coefficient (Wildman–Crippen LogP) is 1.12. The lowest BCUT2D eigenvalue weighted by molar-refractivity contribution is -0.141. The Morgan fingerprint density at radius 1 is 1.18 bits per heavy atom. The topological polar surface area (TPSA) is 43.4 Å².